The predicted octanol–water partition coefficient (Wildman–Crippen LogP) is 2.82. The van der Waals surface area contributed by atoms with Gasteiger partial charge in [-0.1, -0.05) is 31.2 Å². The molecule has 0 aromatic heterocycles. The number of likely N-dealkylation sites (N-methyl/N-ethyl adjacent to an activating group) is 1. The number of fused-ring (bicyclic) bond motifs is 1. The molecule has 35 heavy (non-hydrogen) atoms. The lowest BCUT2D eigenvalue weighted by molar-refractivity contribution is -0.141. The molecular formula is C25H33N3O6S. The maximum absolute atomic E-state index is 13.3. The van der Waals surface area contributed by atoms with Crippen molar-refractivity contribution in [2.75, 3.05) is 30.9 Å². The summed E-state index contributed by atoms with van der Waals surface area (Å²) < 4.78 is 36.9. The predicted molar refractivity (Wildman–Crippen MR) is 134 cm³/mol. The van der Waals surface area contributed by atoms with Gasteiger partial charge in [0.25, 0.3) is 0 Å². The zero-order valence-electron chi connectivity index (χ0n) is 20.6. The summed E-state index contributed by atoms with van der Waals surface area (Å²) in [5.74, 6) is 0.604. The van der Waals surface area contributed by atoms with Crippen molar-refractivity contribution in [2.45, 2.75) is 45.7 Å². The van der Waals surface area contributed by atoms with Gasteiger partial charge in [0, 0.05) is 32.6 Å². The van der Waals surface area contributed by atoms with Gasteiger partial charge in [-0.3, -0.25) is 13.9 Å². The molecule has 9 nitrogen and oxygen atoms in total. The number of benzene rings is 2. The lowest BCUT2D eigenvalue weighted by atomic mass is 10.1. The van der Waals surface area contributed by atoms with E-state index in [2.05, 4.69) is 5.32 Å². The van der Waals surface area contributed by atoms with E-state index >= 15 is 0 Å². The Morgan fingerprint density at radius 1 is 1.11 bits per heavy atom. The summed E-state index contributed by atoms with van der Waals surface area (Å²) in [4.78, 5) is 27.5. The molecule has 0 fully saturated rings. The molecule has 2 aromatic carbocycles. The van der Waals surface area contributed by atoms with Gasteiger partial charge in [0.2, 0.25) is 28.6 Å². The van der Waals surface area contributed by atoms with Crippen molar-refractivity contribution < 1.29 is 27.5 Å². The largest absolute Gasteiger partial charge is 0.454 e. The average Bonchev–Trinajstić information content (AvgIpc) is 3.29. The molecule has 0 saturated carbocycles. The quantitative estimate of drug-likeness (QED) is 0.506. The third kappa shape index (κ3) is 6.45. The average molecular weight is 504 g/mol. The molecule has 1 N–H and O–H groups in total. The van der Waals surface area contributed by atoms with Crippen molar-refractivity contribution in [2.24, 2.45) is 0 Å². The van der Waals surface area contributed by atoms with Gasteiger partial charge in [-0.25, -0.2) is 8.42 Å². The summed E-state index contributed by atoms with van der Waals surface area (Å²) in [7, 11) is -2.05. The number of hydrogen-bond donors (Lipinski definition) is 1. The molecule has 190 valence electrons. The van der Waals surface area contributed by atoms with Gasteiger partial charge < -0.3 is 19.7 Å². The molecule has 10 heteroatoms. The van der Waals surface area contributed by atoms with Crippen LogP contribution < -0.4 is 19.1 Å². The van der Waals surface area contributed by atoms with E-state index in [1.807, 2.05) is 38.1 Å². The molecule has 1 atom stereocenters. The molecule has 1 aliphatic heterocycles. The van der Waals surface area contributed by atoms with Gasteiger partial charge in [0.05, 0.1) is 11.9 Å². The molecule has 2 amide bonds. The van der Waals surface area contributed by atoms with E-state index in [1.54, 1.807) is 30.1 Å². The number of carbonyl (C=O) groups excluding carboxylic acids is 2. The summed E-state index contributed by atoms with van der Waals surface area (Å²) in [5, 5.41) is 2.65. The molecule has 2 aromatic rings. The Hall–Kier alpha value is -3.27. The first-order chi connectivity index (χ1) is 16.7. The zero-order valence-corrected chi connectivity index (χ0v) is 21.4. The second kappa shape index (κ2) is 11.4. The number of ether oxygens (including phenoxy) is 2. The van der Waals surface area contributed by atoms with Gasteiger partial charge in [0.15, 0.2) is 11.5 Å². The van der Waals surface area contributed by atoms with Crippen LogP contribution in [0.2, 0.25) is 0 Å². The fraction of sp³-hybridized carbons (Fsp3) is 0.440. The van der Waals surface area contributed by atoms with Crippen LogP contribution in [-0.4, -0.2) is 57.8 Å². The van der Waals surface area contributed by atoms with Crippen molar-refractivity contribution in [1.82, 2.24) is 10.2 Å². The van der Waals surface area contributed by atoms with Crippen molar-refractivity contribution in [1.29, 1.82) is 0 Å². The fourth-order valence-electron chi connectivity index (χ4n) is 4.10. The molecule has 0 spiro atoms. The van der Waals surface area contributed by atoms with E-state index in [1.165, 1.54) is 4.31 Å². The summed E-state index contributed by atoms with van der Waals surface area (Å²) in [6.07, 6.45) is 1.97. The van der Waals surface area contributed by atoms with E-state index in [0.717, 1.165) is 17.4 Å². The maximum Gasteiger partial charge on any atom is 0.242 e. The molecule has 0 unspecified atom stereocenters. The highest BCUT2D eigenvalue weighted by Crippen LogP contribution is 2.36. The summed E-state index contributed by atoms with van der Waals surface area (Å²) in [6.45, 7) is 4.33. The van der Waals surface area contributed by atoms with Crippen molar-refractivity contribution in [3.8, 4) is 11.5 Å². The van der Waals surface area contributed by atoms with E-state index in [4.69, 9.17) is 9.47 Å². The smallest absolute Gasteiger partial charge is 0.242 e. The number of rotatable bonds is 11. The number of hydrogen-bond acceptors (Lipinski definition) is 6. The van der Waals surface area contributed by atoms with Crippen molar-refractivity contribution >= 4 is 27.5 Å². The first-order valence-electron chi connectivity index (χ1n) is 11.6. The molecular weight excluding hydrogens is 470 g/mol. The second-order valence-corrected chi connectivity index (χ2v) is 10.4. The summed E-state index contributed by atoms with van der Waals surface area (Å²) >= 11 is 0. The summed E-state index contributed by atoms with van der Waals surface area (Å²) in [5.41, 5.74) is 2.43. The molecule has 1 heterocycles. The molecule has 1 aliphatic rings. The molecule has 3 rings (SSSR count). The maximum atomic E-state index is 13.3. The minimum atomic E-state index is -3.60. The van der Waals surface area contributed by atoms with Gasteiger partial charge in [-0.15, -0.1) is 0 Å². The van der Waals surface area contributed by atoms with Gasteiger partial charge in [0.1, 0.15) is 6.04 Å². The minimum absolute atomic E-state index is 0.0901. The molecule has 0 aliphatic carbocycles. The van der Waals surface area contributed by atoms with Crippen LogP contribution in [0.4, 0.5) is 5.69 Å². The first-order valence-corrected chi connectivity index (χ1v) is 13.4. The zero-order chi connectivity index (χ0) is 25.6. The topological polar surface area (TPSA) is 105 Å². The van der Waals surface area contributed by atoms with Crippen LogP contribution in [0, 0.1) is 6.92 Å². The molecule has 0 bridgehead atoms. The van der Waals surface area contributed by atoms with Crippen LogP contribution in [0.1, 0.15) is 37.3 Å². The molecule has 0 radical (unpaired) electrons. The Labute approximate surface area is 207 Å². The number of anilines is 1. The van der Waals surface area contributed by atoms with Crippen molar-refractivity contribution in [3.63, 3.8) is 0 Å². The Balaban J connectivity index is 1.75. The van der Waals surface area contributed by atoms with E-state index in [9.17, 15) is 18.0 Å². The van der Waals surface area contributed by atoms with Crippen LogP contribution in [0.5, 0.6) is 11.5 Å². The lowest BCUT2D eigenvalue weighted by Gasteiger charge is -2.31. The van der Waals surface area contributed by atoms with Crippen LogP contribution in [0.3, 0.4) is 0 Å². The normalized spacial score (nSPS) is 13.3. The summed E-state index contributed by atoms with van der Waals surface area (Å²) in [6, 6.07) is 12.1. The highest BCUT2D eigenvalue weighted by molar-refractivity contribution is 7.92. The van der Waals surface area contributed by atoms with Crippen LogP contribution >= 0.6 is 0 Å². The van der Waals surface area contributed by atoms with E-state index < -0.39 is 16.1 Å². The fourth-order valence-corrected chi connectivity index (χ4v) is 5.06. The van der Waals surface area contributed by atoms with Gasteiger partial charge in [-0.05, 0) is 43.0 Å². The standard InChI is InChI=1S/C25H33N3O6S/c1-5-21(25(30)26-3)27(16-19-10-7-6-9-18(19)2)24(29)11-8-14-28(35(4,31)32)20-12-13-22-23(15-20)34-17-33-22/h6-7,9-10,12-13,15,21H,5,8,11,14,16-17H2,1-4H3,(H,26,30)/t21-/m0/s1. The Kier molecular flexibility index (Phi) is 8.61. The molecule has 0 saturated heterocycles. The second-order valence-electron chi connectivity index (χ2n) is 8.46. The number of nitrogens with one attached hydrogen (secondary N) is 1. The Bertz CT molecular complexity index is 1170. The Morgan fingerprint density at radius 3 is 2.49 bits per heavy atom. The third-order valence-electron chi connectivity index (χ3n) is 6.03. The highest BCUT2D eigenvalue weighted by atomic mass is 32.2. The monoisotopic (exact) mass is 503 g/mol. The van der Waals surface area contributed by atoms with Crippen LogP contribution in [-0.2, 0) is 26.2 Å². The van der Waals surface area contributed by atoms with Crippen LogP contribution in [0.15, 0.2) is 42.5 Å². The number of carbonyl (C=O) groups is 2. The number of nitrogens with zero attached hydrogens (tertiary/aromatic N) is 2. The van der Waals surface area contributed by atoms with Gasteiger partial charge >= 0.3 is 0 Å². The lowest BCUT2D eigenvalue weighted by Crippen LogP contribution is -2.48. The minimum Gasteiger partial charge on any atom is -0.454 e. The number of aryl methyl sites for hydroxylation is 1. The first kappa shape index (κ1) is 26.3. The van der Waals surface area contributed by atoms with Crippen LogP contribution in [0.25, 0.3) is 0 Å². The van der Waals surface area contributed by atoms with E-state index in [-0.39, 0.29) is 38.0 Å². The number of sulfonamides is 1. The third-order valence-corrected chi connectivity index (χ3v) is 7.22. The Morgan fingerprint density at radius 2 is 1.83 bits per heavy atom. The van der Waals surface area contributed by atoms with E-state index in [0.29, 0.717) is 30.2 Å². The highest BCUT2D eigenvalue weighted by Gasteiger charge is 2.29. The van der Waals surface area contributed by atoms with Gasteiger partial charge in [-0.2, -0.15) is 0 Å². The SMILES string of the molecule is CC[C@@H](C(=O)NC)N(Cc1ccccc1C)C(=O)CCCN(c1ccc2c(c1)OCO2)S(C)(=O)=O. The number of amides is 2. The van der Waals surface area contributed by atoms with Crippen molar-refractivity contribution in [3.05, 3.63) is 53.6 Å².